The molecule has 0 radical (unpaired) electrons. The molecule has 5 aliphatic rings. The van der Waals surface area contributed by atoms with Crippen LogP contribution in [0.3, 0.4) is 0 Å². The van der Waals surface area contributed by atoms with Crippen LogP contribution in [-0.2, 0) is 69.6 Å². The van der Waals surface area contributed by atoms with Crippen molar-refractivity contribution in [2.45, 2.75) is 73.6 Å². The zero-order valence-electron chi connectivity index (χ0n) is 33.8. The van der Waals surface area contributed by atoms with E-state index in [9.17, 15) is 0 Å². The molecule has 4 N–H and O–H groups in total. The number of hydroxylamine groups is 12. The summed E-state index contributed by atoms with van der Waals surface area (Å²) in [4.78, 5) is 33.4. The summed E-state index contributed by atoms with van der Waals surface area (Å²) in [5, 5.41) is 19.3. The van der Waals surface area contributed by atoms with Crippen molar-refractivity contribution in [1.82, 2.24) is 46.5 Å². The van der Waals surface area contributed by atoms with Gasteiger partial charge in [0.2, 0.25) is 0 Å². The van der Waals surface area contributed by atoms with Crippen molar-refractivity contribution in [3.8, 4) is 0 Å². The molecule has 0 saturated carbocycles. The van der Waals surface area contributed by atoms with Crippen molar-refractivity contribution >= 4 is 102 Å². The maximum absolute atomic E-state index is 7.34. The summed E-state index contributed by atoms with van der Waals surface area (Å²) in [6.45, 7) is 13.1. The van der Waals surface area contributed by atoms with Crippen LogP contribution in [0.4, 0.5) is 0 Å². The van der Waals surface area contributed by atoms with E-state index in [1.165, 1.54) is 51.4 Å². The van der Waals surface area contributed by atoms with E-state index in [0.29, 0.717) is 0 Å². The first kappa shape index (κ1) is 75.3. The lowest BCUT2D eigenvalue weighted by atomic mass is 10.2. The van der Waals surface area contributed by atoms with Gasteiger partial charge in [-0.1, -0.05) is 35.1 Å². The predicted octanol–water partition coefficient (Wildman–Crippen LogP) is 5.18. The Bertz CT molecular complexity index is 706. The van der Waals surface area contributed by atoms with Gasteiger partial charge in [0.05, 0.1) is 0 Å². The highest BCUT2D eigenvalue weighted by molar-refractivity contribution is 7.93. The number of nitrogens with zero attached hydrogens (tertiary/aromatic N) is 6. The molecule has 0 aromatic carbocycles. The molecule has 5 rings (SSSR count). The molecule has 5 saturated heterocycles. The molecule has 5 heterocycles. The van der Waals surface area contributed by atoms with Crippen molar-refractivity contribution in [2.24, 2.45) is 0 Å². The highest BCUT2D eigenvalue weighted by Crippen LogP contribution is 2.10. The third-order valence-corrected chi connectivity index (χ3v) is 7.87. The SMILES string of the molecule is C.C.C.CN1CCN(OOS)CC1.CNOOS.CNOOS.CSOO.SOON1CCCC1.SOON1CCCCC1.SOON1CCCCC1.SOON1CCNCC1. The van der Waals surface area contributed by atoms with Gasteiger partial charge in [-0.05, 0) is 45.6 Å². The summed E-state index contributed by atoms with van der Waals surface area (Å²) < 4.78 is 31.9. The molecule has 5 fully saturated rings. The van der Waals surface area contributed by atoms with Crippen LogP contribution in [0, 0.1) is 0 Å². The summed E-state index contributed by atoms with van der Waals surface area (Å²) in [7, 11) is 5.21. The van der Waals surface area contributed by atoms with Crippen LogP contribution in [0.25, 0.3) is 0 Å². The first-order valence-electron chi connectivity index (χ1n) is 18.0. The van der Waals surface area contributed by atoms with Gasteiger partial charge >= 0.3 is 0 Å². The van der Waals surface area contributed by atoms with Crippen LogP contribution in [0.5, 0.6) is 0 Å². The zero-order valence-corrected chi connectivity index (χ0v) is 40.9. The van der Waals surface area contributed by atoms with E-state index in [0.717, 1.165) is 104 Å². The molecule has 0 aromatic heterocycles. The number of rotatable bonds is 15. The van der Waals surface area contributed by atoms with Crippen molar-refractivity contribution < 1.29 is 74.8 Å². The molecule has 384 valence electrons. The van der Waals surface area contributed by atoms with E-state index < -0.39 is 0 Å². The number of hydrogen-bond donors (Lipinski definition) is 11. The first-order valence-corrected chi connectivity index (χ1v) is 21.7. The van der Waals surface area contributed by atoms with Gasteiger partial charge in [0, 0.05) is 214 Å². The Kier molecular flexibility index (Phi) is 78.8. The van der Waals surface area contributed by atoms with Gasteiger partial charge in [-0.15, -0.1) is 65.3 Å². The number of thiol groups is 7. The summed E-state index contributed by atoms with van der Waals surface area (Å²) in [5.74, 6) is 0. The second kappa shape index (κ2) is 64.9. The van der Waals surface area contributed by atoms with Crippen LogP contribution in [-0.4, -0.2) is 154 Å². The largest absolute Gasteiger partial charge is 0.314 e. The van der Waals surface area contributed by atoms with Crippen molar-refractivity contribution in [3.05, 3.63) is 0 Å². The van der Waals surface area contributed by atoms with Crippen molar-refractivity contribution in [3.63, 3.8) is 0 Å². The molecule has 0 aliphatic carbocycles. The molecular formula is C29H79N9O16S8. The fourth-order valence-electron chi connectivity index (χ4n) is 4.53. The highest BCUT2D eigenvalue weighted by Gasteiger charge is 2.15. The Balaban J connectivity index is -0.000000146. The second-order valence-corrected chi connectivity index (χ2v) is 12.8. The van der Waals surface area contributed by atoms with Gasteiger partial charge in [0.15, 0.2) is 0 Å². The number of likely N-dealkylation sites (N-methyl/N-ethyl adjacent to an activating group) is 1. The molecule has 33 heteroatoms. The van der Waals surface area contributed by atoms with Crippen molar-refractivity contribution in [1.29, 1.82) is 0 Å². The summed E-state index contributed by atoms with van der Waals surface area (Å²) in [6, 6.07) is 0. The number of piperidine rings is 2. The molecule has 0 aromatic rings. The van der Waals surface area contributed by atoms with Gasteiger partial charge < -0.3 is 10.2 Å². The molecule has 0 unspecified atom stereocenters. The summed E-state index contributed by atoms with van der Waals surface area (Å²) in [6.07, 6.45) is 11.4. The molecule has 62 heavy (non-hydrogen) atoms. The Morgan fingerprint density at radius 1 is 0.435 bits per heavy atom. The zero-order chi connectivity index (χ0) is 44.5. The molecule has 5 aliphatic heterocycles. The van der Waals surface area contributed by atoms with Crippen LogP contribution in [0.2, 0.25) is 0 Å². The smallest absolute Gasteiger partial charge is 0.0399 e. The van der Waals surface area contributed by atoms with E-state index in [1.54, 1.807) is 45.7 Å². The standard InChI is InChI=1S/C5H12N2O2S.2C5H11NO2S.C4H10N2O2S.C4H9NO2S.2CH5NO2S.CH4O2S.3CH4/c1-6-2-4-7(5-3-6)8-9-10;2*9-8-7-6-4-2-1-3-5-6;9-8-7-6-3-1-5-2-4-6;8-7-6-5-3-1-2-4-5;2*1-2-3-4-5;1-4-3-2;;;/h10H,2-5H2,1H3;2*9H,1-5H2;5,9H,1-4H2;8H,1-4H2;2*2,5H,1H3;2H,1H3;3*1H4. The Hall–Kier alpha value is 1.80. The first-order chi connectivity index (χ1) is 28.8. The normalized spacial score (nSPS) is 18.2. The third kappa shape index (κ3) is 57.9. The molecular weight excluding hydrogens is 987 g/mol. The fourth-order valence-corrected chi connectivity index (χ4v) is 5.15. The van der Waals surface area contributed by atoms with Crippen LogP contribution in [0.1, 0.15) is 73.6 Å². The van der Waals surface area contributed by atoms with Crippen LogP contribution in [0.15, 0.2) is 0 Å². The van der Waals surface area contributed by atoms with Crippen LogP contribution >= 0.6 is 102 Å². The average Bonchev–Trinajstić information content (AvgIpc) is 3.79. The van der Waals surface area contributed by atoms with E-state index in [1.807, 2.05) is 0 Å². The van der Waals surface area contributed by atoms with Gasteiger partial charge in [-0.2, -0.15) is 40.6 Å². The summed E-state index contributed by atoms with van der Waals surface area (Å²) in [5.41, 5.74) is 4.44. The van der Waals surface area contributed by atoms with E-state index >= 15 is 0 Å². The second-order valence-electron chi connectivity index (χ2n) is 11.2. The lowest BCUT2D eigenvalue weighted by Gasteiger charge is -2.29. The minimum absolute atomic E-state index is 0. The monoisotopic (exact) mass is 1070 g/mol. The minimum atomic E-state index is 0. The topological polar surface area (TPSA) is 214 Å². The van der Waals surface area contributed by atoms with Crippen molar-refractivity contribution in [2.75, 3.05) is 119 Å². The molecule has 0 spiro atoms. The highest BCUT2D eigenvalue weighted by atomic mass is 32.2. The Morgan fingerprint density at radius 3 is 0.919 bits per heavy atom. The maximum atomic E-state index is 7.34. The van der Waals surface area contributed by atoms with E-state index in [-0.39, 0.29) is 22.3 Å². The molecule has 25 nitrogen and oxygen atoms in total. The van der Waals surface area contributed by atoms with E-state index in [2.05, 4.69) is 183 Å². The number of piperazine rings is 2. The lowest BCUT2D eigenvalue weighted by molar-refractivity contribution is -0.363. The maximum Gasteiger partial charge on any atom is 0.0399 e. The fraction of sp³-hybridized carbons (Fsp3) is 1.00. The number of nitrogens with one attached hydrogen (secondary N) is 3. The van der Waals surface area contributed by atoms with E-state index in [4.69, 9.17) is 10.2 Å². The Labute approximate surface area is 414 Å². The van der Waals surface area contributed by atoms with Gasteiger partial charge in [0.25, 0.3) is 0 Å². The molecule has 0 atom stereocenters. The predicted molar refractivity (Wildman–Crippen MR) is 259 cm³/mol. The van der Waals surface area contributed by atoms with Gasteiger partial charge in [0.1, 0.15) is 0 Å². The van der Waals surface area contributed by atoms with Gasteiger partial charge in [-0.25, -0.2) is 5.26 Å². The number of hydrogen-bond acceptors (Lipinski definition) is 33. The minimum Gasteiger partial charge on any atom is -0.314 e. The average molecular weight is 1070 g/mol. The Morgan fingerprint density at radius 2 is 0.694 bits per heavy atom. The molecule has 0 bridgehead atoms. The summed E-state index contributed by atoms with van der Waals surface area (Å²) >= 11 is 24.6. The van der Waals surface area contributed by atoms with Crippen LogP contribution < -0.4 is 16.3 Å². The lowest BCUT2D eigenvalue weighted by Crippen LogP contribution is -2.43. The quantitative estimate of drug-likeness (QED) is 0.0441. The molecule has 0 amide bonds. The third-order valence-electron chi connectivity index (χ3n) is 7.24. The van der Waals surface area contributed by atoms with Gasteiger partial charge in [-0.3, -0.25) is 0 Å².